The second kappa shape index (κ2) is 21.1. The smallest absolute Gasteiger partial charge is 0.748 e. The Bertz CT molecular complexity index is 415. The molecule has 0 aromatic heterocycles. The molecule has 0 radical (unpaired) electrons. The van der Waals surface area contributed by atoms with Crippen molar-refractivity contribution >= 4 is 10.1 Å². The van der Waals surface area contributed by atoms with E-state index in [0.717, 1.165) is 19.3 Å². The third-order valence-corrected chi connectivity index (χ3v) is 6.77. The molecule has 2 unspecified atom stereocenters. The van der Waals surface area contributed by atoms with Crippen LogP contribution in [0.15, 0.2) is 0 Å². The molecule has 0 aliphatic carbocycles. The first-order chi connectivity index (χ1) is 12.9. The Morgan fingerprint density at radius 3 is 1.46 bits per heavy atom. The van der Waals surface area contributed by atoms with Gasteiger partial charge in [0.25, 0.3) is 0 Å². The second-order valence-corrected chi connectivity index (χ2v) is 9.82. The number of hydrogen-bond acceptors (Lipinski definition) is 4. The maximum Gasteiger partial charge on any atom is 1.00 e. The molecule has 0 fully saturated rings. The van der Waals surface area contributed by atoms with Crippen molar-refractivity contribution in [2.75, 3.05) is 0 Å². The Morgan fingerprint density at radius 2 is 1.07 bits per heavy atom. The van der Waals surface area contributed by atoms with Crippen LogP contribution in [0.1, 0.15) is 129 Å². The normalized spacial score (nSPS) is 13.9. The van der Waals surface area contributed by atoms with Gasteiger partial charge in [-0.3, -0.25) is 0 Å². The Hall–Kier alpha value is 0.870. The summed E-state index contributed by atoms with van der Waals surface area (Å²) in [6.07, 6.45) is 19.0. The molecule has 0 spiro atoms. The maximum atomic E-state index is 11.2. The molecule has 0 bridgehead atoms. The van der Waals surface area contributed by atoms with Gasteiger partial charge in [-0.25, -0.2) is 8.42 Å². The van der Waals surface area contributed by atoms with Crippen LogP contribution in [0.2, 0.25) is 0 Å². The van der Waals surface area contributed by atoms with Crippen LogP contribution in [0, 0.1) is 0 Å². The maximum absolute atomic E-state index is 11.2. The van der Waals surface area contributed by atoms with Gasteiger partial charge in [0, 0.05) is 5.25 Å². The molecule has 28 heavy (non-hydrogen) atoms. The third-order valence-electron chi connectivity index (χ3n) is 5.48. The fraction of sp³-hybridized carbons (Fsp3) is 1.00. The molecule has 0 heterocycles. The zero-order valence-electron chi connectivity index (χ0n) is 19.0. The molecule has 4 nitrogen and oxygen atoms in total. The summed E-state index contributed by atoms with van der Waals surface area (Å²) in [5, 5.41) is 9.18. The van der Waals surface area contributed by atoms with Crippen LogP contribution >= 0.6 is 0 Å². The Balaban J connectivity index is 0. The Kier molecular flexibility index (Phi) is 23.4. The quantitative estimate of drug-likeness (QED) is 0.183. The minimum Gasteiger partial charge on any atom is -0.748 e. The van der Waals surface area contributed by atoms with Crippen LogP contribution < -0.4 is 29.6 Å². The van der Waals surface area contributed by atoms with E-state index in [1.807, 2.05) is 6.92 Å². The van der Waals surface area contributed by atoms with Gasteiger partial charge in [-0.2, -0.15) is 0 Å². The van der Waals surface area contributed by atoms with Crippen molar-refractivity contribution in [2.24, 2.45) is 0 Å². The van der Waals surface area contributed by atoms with E-state index >= 15 is 0 Å². The van der Waals surface area contributed by atoms with Gasteiger partial charge >= 0.3 is 29.6 Å². The van der Waals surface area contributed by atoms with Gasteiger partial charge in [0.15, 0.2) is 0 Å². The van der Waals surface area contributed by atoms with E-state index in [2.05, 4.69) is 6.92 Å². The van der Waals surface area contributed by atoms with Crippen molar-refractivity contribution < 1.29 is 47.6 Å². The molecule has 0 rings (SSSR count). The van der Waals surface area contributed by atoms with Crippen molar-refractivity contribution in [3.8, 4) is 0 Å². The van der Waals surface area contributed by atoms with Crippen molar-refractivity contribution in [1.29, 1.82) is 0 Å². The summed E-state index contributed by atoms with van der Waals surface area (Å²) in [6.45, 7) is 4.13. The molecule has 0 amide bonds. The summed E-state index contributed by atoms with van der Waals surface area (Å²) >= 11 is 0. The van der Waals surface area contributed by atoms with Gasteiger partial charge in [-0.15, -0.1) is 0 Å². The Labute approximate surface area is 197 Å². The average molecular weight is 429 g/mol. The molecule has 6 heteroatoms. The fourth-order valence-electron chi connectivity index (χ4n) is 3.68. The van der Waals surface area contributed by atoms with E-state index in [0.29, 0.717) is 25.7 Å². The summed E-state index contributed by atoms with van der Waals surface area (Å²) in [6, 6.07) is 0. The van der Waals surface area contributed by atoms with E-state index < -0.39 is 21.5 Å². The summed E-state index contributed by atoms with van der Waals surface area (Å²) in [5.74, 6) is 0. The van der Waals surface area contributed by atoms with Crippen LogP contribution in [0.25, 0.3) is 0 Å². The summed E-state index contributed by atoms with van der Waals surface area (Å²) in [7, 11) is -4.23. The molecule has 0 aromatic carbocycles. The van der Waals surface area contributed by atoms with Gasteiger partial charge < -0.3 is 9.66 Å². The summed E-state index contributed by atoms with van der Waals surface area (Å²) in [4.78, 5) is 0. The van der Waals surface area contributed by atoms with E-state index in [4.69, 9.17) is 0 Å². The molecular formula is C22H45NaO4S. The topological polar surface area (TPSA) is 77.4 Å². The van der Waals surface area contributed by atoms with Crippen LogP contribution in [-0.4, -0.2) is 29.4 Å². The predicted molar refractivity (Wildman–Crippen MR) is 114 cm³/mol. The number of rotatable bonds is 20. The largest absolute Gasteiger partial charge is 1.00 e. The molecule has 0 saturated carbocycles. The minimum atomic E-state index is -4.23. The molecule has 1 N–H and O–H groups in total. The first-order valence-electron chi connectivity index (χ1n) is 11.5. The number of aliphatic hydroxyl groups excluding tert-OH is 1. The van der Waals surface area contributed by atoms with E-state index in [1.165, 1.54) is 70.6 Å². The van der Waals surface area contributed by atoms with Crippen molar-refractivity contribution in [3.05, 3.63) is 0 Å². The molecular weight excluding hydrogens is 383 g/mol. The molecule has 0 aliphatic heterocycles. The standard InChI is InChI=1S/C22H46O4S.Na/c1-3-5-6-7-8-9-10-11-12-13-14-15-16-18-21(23)19-20-22(17-4-2)27(24,25)26;/h21-23H,3-20H2,1-2H3,(H,24,25,26);/q;+1/p-1. The summed E-state index contributed by atoms with van der Waals surface area (Å²) in [5.41, 5.74) is 0. The van der Waals surface area contributed by atoms with Crippen LogP contribution in [0.5, 0.6) is 0 Å². The van der Waals surface area contributed by atoms with Gasteiger partial charge in [-0.1, -0.05) is 104 Å². The van der Waals surface area contributed by atoms with Crippen molar-refractivity contribution in [1.82, 2.24) is 0 Å². The summed E-state index contributed by atoms with van der Waals surface area (Å²) < 4.78 is 33.5. The monoisotopic (exact) mass is 428 g/mol. The molecule has 2 atom stereocenters. The number of hydrogen-bond donors (Lipinski definition) is 1. The van der Waals surface area contributed by atoms with Gasteiger partial charge in [0.1, 0.15) is 0 Å². The van der Waals surface area contributed by atoms with Gasteiger partial charge in [-0.05, 0) is 25.7 Å². The van der Waals surface area contributed by atoms with Crippen LogP contribution in [-0.2, 0) is 10.1 Å². The third kappa shape index (κ3) is 20.2. The molecule has 0 saturated heterocycles. The Morgan fingerprint density at radius 1 is 0.643 bits per heavy atom. The SMILES string of the molecule is CCCCCCCCCCCCCCCC(O)CCC(CCC)S(=O)(=O)[O-].[Na+]. The van der Waals surface area contributed by atoms with E-state index in [1.54, 1.807) is 0 Å². The van der Waals surface area contributed by atoms with Crippen LogP contribution in [0.3, 0.4) is 0 Å². The van der Waals surface area contributed by atoms with Crippen LogP contribution in [0.4, 0.5) is 0 Å². The van der Waals surface area contributed by atoms with Crippen molar-refractivity contribution in [2.45, 2.75) is 141 Å². The minimum absolute atomic E-state index is 0. The predicted octanol–water partition coefficient (Wildman–Crippen LogP) is 3.33. The molecule has 164 valence electrons. The zero-order chi connectivity index (χ0) is 20.4. The zero-order valence-corrected chi connectivity index (χ0v) is 21.8. The second-order valence-electron chi connectivity index (χ2n) is 8.17. The van der Waals surface area contributed by atoms with E-state index in [9.17, 15) is 18.1 Å². The first kappa shape index (κ1) is 31.1. The molecule has 0 aromatic rings. The molecule has 0 aliphatic rings. The fourth-order valence-corrected chi connectivity index (χ4v) is 4.62. The van der Waals surface area contributed by atoms with Gasteiger partial charge in [0.2, 0.25) is 0 Å². The first-order valence-corrected chi connectivity index (χ1v) is 13.0. The average Bonchev–Trinajstić information content (AvgIpc) is 2.61. The van der Waals surface area contributed by atoms with Gasteiger partial charge in [0.05, 0.1) is 16.2 Å². The number of unbranched alkanes of at least 4 members (excludes halogenated alkanes) is 12. The van der Waals surface area contributed by atoms with E-state index in [-0.39, 0.29) is 29.6 Å². The van der Waals surface area contributed by atoms with Crippen molar-refractivity contribution in [3.63, 3.8) is 0 Å². The number of aliphatic hydroxyl groups is 1.